The second-order valence-electron chi connectivity index (χ2n) is 0.831. The molecule has 0 heterocycles. The number of hydrogen-bond acceptors (Lipinski definition) is 2. The summed E-state index contributed by atoms with van der Waals surface area (Å²) < 4.78 is 0. The Morgan fingerprint density at radius 2 is 2.67 bits per heavy atom. The van der Waals surface area contributed by atoms with Gasteiger partial charge in [-0.2, -0.15) is 0 Å². The predicted molar refractivity (Wildman–Crippen MR) is 31.7 cm³/mol. The smallest absolute Gasteiger partial charge is 0.0457 e. The minimum atomic E-state index is 0.962. The molecule has 0 radical (unpaired) electrons. The highest BCUT2D eigenvalue weighted by Crippen LogP contribution is 1.92. The molecule has 36 valence electrons. The van der Waals surface area contributed by atoms with Crippen molar-refractivity contribution in [1.29, 1.82) is 0 Å². The summed E-state index contributed by atoms with van der Waals surface area (Å²) >= 11 is 1.66. The largest absolute Gasteiger partial charge is 0.311 e. The van der Waals surface area contributed by atoms with E-state index in [1.54, 1.807) is 11.8 Å². The van der Waals surface area contributed by atoms with Crippen LogP contribution in [0.1, 0.15) is 0 Å². The Labute approximate surface area is 42.8 Å². The highest BCUT2D eigenvalue weighted by atomic mass is 32.2. The lowest BCUT2D eigenvalue weighted by molar-refractivity contribution is 0.985. The monoisotopic (exact) mass is 103 g/mol. The fraction of sp³-hybridized carbons (Fsp3) is 0.500. The zero-order valence-electron chi connectivity index (χ0n) is 3.90. The summed E-state index contributed by atoms with van der Waals surface area (Å²) in [4.78, 5) is 0. The maximum atomic E-state index is 3.52. The molecule has 0 spiro atoms. The number of thioether (sulfide) groups is 1. The Hall–Kier alpha value is 0.0500. The normalized spacial score (nSPS) is 8.17. The average molecular weight is 103 g/mol. The molecule has 0 saturated carbocycles. The van der Waals surface area contributed by atoms with Gasteiger partial charge >= 0.3 is 0 Å². The highest BCUT2D eigenvalue weighted by Gasteiger charge is 1.68. The lowest BCUT2D eigenvalue weighted by Crippen LogP contribution is -2.01. The average Bonchev–Trinajstić information content (AvgIpc) is 1.61. The second-order valence-corrected chi connectivity index (χ2v) is 1.79. The predicted octanol–water partition coefficient (Wildman–Crippen LogP) is 1.04. The molecule has 0 saturated heterocycles. The molecule has 6 heavy (non-hydrogen) atoms. The topological polar surface area (TPSA) is 12.0 Å². The van der Waals surface area contributed by atoms with Crippen molar-refractivity contribution in [3.63, 3.8) is 0 Å². The third kappa shape index (κ3) is 4.05. The molecule has 0 unspecified atom stereocenters. The minimum absolute atomic E-state index is 0.962. The molecular weight excluding hydrogens is 94.1 g/mol. The van der Waals surface area contributed by atoms with Crippen LogP contribution >= 0.6 is 11.8 Å². The van der Waals surface area contributed by atoms with Crippen molar-refractivity contribution >= 4 is 11.8 Å². The van der Waals surface area contributed by atoms with Gasteiger partial charge in [0.25, 0.3) is 0 Å². The maximum Gasteiger partial charge on any atom is 0.0457 e. The fourth-order valence-electron chi connectivity index (χ4n) is 0.142. The molecule has 0 rings (SSSR count). The van der Waals surface area contributed by atoms with Crippen LogP contribution in [0.25, 0.3) is 0 Å². The van der Waals surface area contributed by atoms with Crippen molar-refractivity contribution < 1.29 is 0 Å². The first kappa shape index (κ1) is 6.05. The summed E-state index contributed by atoms with van der Waals surface area (Å²) in [5, 5.41) is 4.78. The fourth-order valence-corrected chi connectivity index (χ4v) is 0.427. The molecule has 0 bridgehead atoms. The van der Waals surface area contributed by atoms with Gasteiger partial charge in [0.05, 0.1) is 0 Å². The van der Waals surface area contributed by atoms with Crippen LogP contribution in [0.2, 0.25) is 0 Å². The van der Waals surface area contributed by atoms with Crippen LogP contribution in [0.3, 0.4) is 0 Å². The van der Waals surface area contributed by atoms with Crippen LogP contribution < -0.4 is 5.32 Å². The van der Waals surface area contributed by atoms with Crippen molar-refractivity contribution in [2.45, 2.75) is 0 Å². The van der Waals surface area contributed by atoms with Gasteiger partial charge in [-0.05, 0) is 12.5 Å². The molecule has 0 aliphatic carbocycles. The van der Waals surface area contributed by atoms with Gasteiger partial charge in [0.1, 0.15) is 0 Å². The Morgan fingerprint density at radius 3 is 2.83 bits per heavy atom. The van der Waals surface area contributed by atoms with Crippen LogP contribution in [-0.2, 0) is 0 Å². The van der Waals surface area contributed by atoms with Crippen LogP contribution in [0.15, 0.2) is 12.0 Å². The van der Waals surface area contributed by atoms with Crippen molar-refractivity contribution in [3.05, 3.63) is 12.0 Å². The first-order valence-corrected chi connectivity index (χ1v) is 2.83. The van der Waals surface area contributed by atoms with Crippen molar-refractivity contribution in [3.8, 4) is 0 Å². The first-order valence-electron chi connectivity index (χ1n) is 1.79. The molecular formula is C4H9NS. The van der Waals surface area contributed by atoms with Gasteiger partial charge in [0.2, 0.25) is 0 Å². The van der Waals surface area contributed by atoms with E-state index >= 15 is 0 Å². The Morgan fingerprint density at radius 1 is 2.00 bits per heavy atom. The van der Waals surface area contributed by atoms with Crippen LogP contribution in [-0.4, -0.2) is 12.9 Å². The zero-order chi connectivity index (χ0) is 4.83. The van der Waals surface area contributed by atoms with Gasteiger partial charge in [0, 0.05) is 5.88 Å². The lowest BCUT2D eigenvalue weighted by Gasteiger charge is -1.86. The summed E-state index contributed by atoms with van der Waals surface area (Å²) in [7, 11) is 1.91. The van der Waals surface area contributed by atoms with Gasteiger partial charge in [-0.15, -0.1) is 11.8 Å². The molecule has 0 aromatic rings. The molecule has 0 aliphatic rings. The molecule has 1 nitrogen and oxygen atoms in total. The van der Waals surface area contributed by atoms with Gasteiger partial charge in [-0.1, -0.05) is 6.58 Å². The van der Waals surface area contributed by atoms with Crippen LogP contribution in [0.5, 0.6) is 0 Å². The summed E-state index contributed by atoms with van der Waals surface area (Å²) in [6.07, 6.45) is 0. The molecule has 1 N–H and O–H groups in total. The molecule has 0 aromatic carbocycles. The van der Waals surface area contributed by atoms with E-state index in [0.717, 1.165) is 5.88 Å². The number of rotatable bonds is 3. The molecule has 0 atom stereocenters. The summed E-state index contributed by atoms with van der Waals surface area (Å²) in [5.74, 6) is 0.962. The third-order valence-corrected chi connectivity index (χ3v) is 1.04. The Kier molecular flexibility index (Phi) is 5.09. The molecule has 2 heteroatoms. The first-order chi connectivity index (χ1) is 2.91. The van der Waals surface area contributed by atoms with Crippen molar-refractivity contribution in [2.75, 3.05) is 12.9 Å². The van der Waals surface area contributed by atoms with E-state index in [4.69, 9.17) is 0 Å². The van der Waals surface area contributed by atoms with Crippen LogP contribution in [0, 0.1) is 0 Å². The van der Waals surface area contributed by atoms with Gasteiger partial charge < -0.3 is 5.32 Å². The molecule has 0 aliphatic heterocycles. The molecule has 0 amide bonds. The third-order valence-electron chi connectivity index (χ3n) is 0.346. The number of nitrogens with one attached hydrogen (secondary N) is 1. The Balaban J connectivity index is 2.49. The highest BCUT2D eigenvalue weighted by molar-refractivity contribution is 8.02. The zero-order valence-corrected chi connectivity index (χ0v) is 4.72. The van der Waals surface area contributed by atoms with E-state index in [1.807, 2.05) is 12.5 Å². The molecule has 0 fully saturated rings. The molecule has 0 aromatic heterocycles. The standard InChI is InChI=1S/C4H9NS/c1-3-6-4-5-2/h3,5H,1,4H2,2H3. The minimum Gasteiger partial charge on any atom is -0.311 e. The Bertz CT molecular complexity index is 36.5. The van der Waals surface area contributed by atoms with E-state index in [2.05, 4.69) is 11.9 Å². The van der Waals surface area contributed by atoms with E-state index < -0.39 is 0 Å². The lowest BCUT2D eigenvalue weighted by atomic mass is 11.2. The van der Waals surface area contributed by atoms with Gasteiger partial charge in [0.15, 0.2) is 0 Å². The number of hydrogen-bond donors (Lipinski definition) is 1. The maximum absolute atomic E-state index is 3.52. The van der Waals surface area contributed by atoms with E-state index in [-0.39, 0.29) is 0 Å². The van der Waals surface area contributed by atoms with Crippen molar-refractivity contribution in [1.82, 2.24) is 5.32 Å². The van der Waals surface area contributed by atoms with Crippen LogP contribution in [0.4, 0.5) is 0 Å². The quantitative estimate of drug-likeness (QED) is 0.423. The van der Waals surface area contributed by atoms with Gasteiger partial charge in [-0.25, -0.2) is 0 Å². The van der Waals surface area contributed by atoms with Gasteiger partial charge in [-0.3, -0.25) is 0 Å². The van der Waals surface area contributed by atoms with Crippen molar-refractivity contribution in [2.24, 2.45) is 0 Å². The van der Waals surface area contributed by atoms with E-state index in [9.17, 15) is 0 Å². The summed E-state index contributed by atoms with van der Waals surface area (Å²) in [6.45, 7) is 3.52. The van der Waals surface area contributed by atoms with E-state index in [0.29, 0.717) is 0 Å². The van der Waals surface area contributed by atoms with E-state index in [1.165, 1.54) is 0 Å². The summed E-state index contributed by atoms with van der Waals surface area (Å²) in [6, 6.07) is 0. The summed E-state index contributed by atoms with van der Waals surface area (Å²) in [5.41, 5.74) is 0. The second kappa shape index (κ2) is 5.05. The SMILES string of the molecule is C=CSCNC.